The Bertz CT molecular complexity index is 1190. The van der Waals surface area contributed by atoms with Gasteiger partial charge in [0.2, 0.25) is 0 Å². The van der Waals surface area contributed by atoms with Crippen LogP contribution in [0, 0.1) is 0 Å². The van der Waals surface area contributed by atoms with Crippen molar-refractivity contribution in [3.05, 3.63) is 76.5 Å². The van der Waals surface area contributed by atoms with Crippen LogP contribution in [-0.4, -0.2) is 19.7 Å². The second-order valence-electron chi connectivity index (χ2n) is 6.06. The maximum absolute atomic E-state index is 12.2. The van der Waals surface area contributed by atoms with Gasteiger partial charge in [0.05, 0.1) is 11.8 Å². The molecule has 1 aromatic heterocycles. The summed E-state index contributed by atoms with van der Waals surface area (Å²) in [6.45, 7) is -0.257. The molecule has 0 aliphatic carbocycles. The molecule has 0 N–H and O–H groups in total. The van der Waals surface area contributed by atoms with Crippen molar-refractivity contribution in [3.8, 4) is 28.4 Å². The molecule has 0 unspecified atom stereocenters. The zero-order valence-corrected chi connectivity index (χ0v) is 16.2. The van der Waals surface area contributed by atoms with Crippen LogP contribution in [0.2, 0.25) is 0 Å². The van der Waals surface area contributed by atoms with Crippen LogP contribution in [0.1, 0.15) is 0 Å². The highest BCUT2D eigenvalue weighted by atomic mass is 32.1. The first-order valence-corrected chi connectivity index (χ1v) is 9.54. The van der Waals surface area contributed by atoms with Crippen LogP contribution in [0.25, 0.3) is 21.4 Å². The summed E-state index contributed by atoms with van der Waals surface area (Å²) in [5, 5.41) is 0. The van der Waals surface area contributed by atoms with E-state index in [4.69, 9.17) is 18.6 Å². The van der Waals surface area contributed by atoms with Crippen LogP contribution in [0.4, 0.5) is 0 Å². The Morgan fingerprint density at radius 1 is 0.966 bits per heavy atom. The predicted octanol–water partition coefficient (Wildman–Crippen LogP) is 4.51. The molecule has 146 valence electrons. The third-order valence-corrected chi connectivity index (χ3v) is 4.91. The molecule has 0 fully saturated rings. The van der Waals surface area contributed by atoms with Gasteiger partial charge in [0.1, 0.15) is 17.2 Å². The van der Waals surface area contributed by atoms with E-state index in [-0.39, 0.29) is 6.61 Å². The first kappa shape index (κ1) is 18.8. The molecule has 7 heteroatoms. The van der Waals surface area contributed by atoms with Gasteiger partial charge >= 0.3 is 10.9 Å². The normalized spacial score (nSPS) is 10.7. The summed E-state index contributed by atoms with van der Waals surface area (Å²) in [4.78, 5) is 23.6. The van der Waals surface area contributed by atoms with Crippen LogP contribution in [0.15, 0.2) is 75.9 Å². The van der Waals surface area contributed by atoms with E-state index in [1.54, 1.807) is 43.5 Å². The SMILES string of the molecule is COc1ccc(OCC(=O)Oc2cc(-c3ccccc3)c3oc(=O)sc3c2)cc1. The monoisotopic (exact) mass is 408 g/mol. The van der Waals surface area contributed by atoms with Crippen LogP contribution >= 0.6 is 11.3 Å². The van der Waals surface area contributed by atoms with Crippen molar-refractivity contribution in [2.24, 2.45) is 0 Å². The molecule has 0 aliphatic rings. The number of hydrogen-bond donors (Lipinski definition) is 0. The topological polar surface area (TPSA) is 75.0 Å². The summed E-state index contributed by atoms with van der Waals surface area (Å²) in [7, 11) is 1.57. The van der Waals surface area contributed by atoms with Crippen molar-refractivity contribution in [2.45, 2.75) is 0 Å². The van der Waals surface area contributed by atoms with Gasteiger partial charge in [-0.1, -0.05) is 41.7 Å². The maximum Gasteiger partial charge on any atom is 0.396 e. The Labute approximate surface area is 169 Å². The van der Waals surface area contributed by atoms with Crippen molar-refractivity contribution < 1.29 is 23.4 Å². The van der Waals surface area contributed by atoms with Crippen LogP contribution < -0.4 is 19.1 Å². The van der Waals surface area contributed by atoms with Gasteiger partial charge in [-0.2, -0.15) is 0 Å². The third-order valence-electron chi connectivity index (χ3n) is 4.14. The standard InChI is InChI=1S/C22H16O6S/c1-25-15-7-9-16(10-8-15)26-13-20(23)27-17-11-18(14-5-3-2-4-6-14)21-19(12-17)29-22(24)28-21/h2-12H,13H2,1H3. The minimum Gasteiger partial charge on any atom is -0.497 e. The van der Waals surface area contributed by atoms with Gasteiger partial charge in [-0.15, -0.1) is 0 Å². The third kappa shape index (κ3) is 4.30. The summed E-state index contributed by atoms with van der Waals surface area (Å²) in [6.07, 6.45) is 0. The lowest BCUT2D eigenvalue weighted by molar-refractivity contribution is -0.136. The van der Waals surface area contributed by atoms with Gasteiger partial charge in [0.25, 0.3) is 0 Å². The fourth-order valence-electron chi connectivity index (χ4n) is 2.82. The molecular formula is C22H16O6S. The molecule has 0 spiro atoms. The Kier molecular flexibility index (Phi) is 5.31. The summed E-state index contributed by atoms with van der Waals surface area (Å²) >= 11 is 0.959. The number of benzene rings is 3. The van der Waals surface area contributed by atoms with Gasteiger partial charge in [-0.25, -0.2) is 9.59 Å². The molecule has 4 rings (SSSR count). The Morgan fingerprint density at radius 2 is 1.69 bits per heavy atom. The second-order valence-corrected chi connectivity index (χ2v) is 7.03. The van der Waals surface area contributed by atoms with Gasteiger partial charge < -0.3 is 18.6 Å². The second kappa shape index (κ2) is 8.20. The van der Waals surface area contributed by atoms with Crippen molar-refractivity contribution >= 4 is 27.6 Å². The zero-order valence-electron chi connectivity index (χ0n) is 15.4. The van der Waals surface area contributed by atoms with Crippen LogP contribution in [-0.2, 0) is 4.79 Å². The molecule has 0 amide bonds. The predicted molar refractivity (Wildman–Crippen MR) is 110 cm³/mol. The lowest BCUT2D eigenvalue weighted by atomic mass is 10.0. The highest BCUT2D eigenvalue weighted by molar-refractivity contribution is 7.16. The number of hydrogen-bond acceptors (Lipinski definition) is 7. The van der Waals surface area contributed by atoms with E-state index in [0.29, 0.717) is 33.1 Å². The van der Waals surface area contributed by atoms with E-state index in [1.807, 2.05) is 30.3 Å². The quantitative estimate of drug-likeness (QED) is 0.345. The highest BCUT2D eigenvalue weighted by Gasteiger charge is 2.15. The first-order valence-electron chi connectivity index (χ1n) is 8.73. The molecule has 4 aromatic rings. The molecule has 6 nitrogen and oxygen atoms in total. The number of fused-ring (bicyclic) bond motifs is 1. The smallest absolute Gasteiger partial charge is 0.396 e. The van der Waals surface area contributed by atoms with E-state index in [2.05, 4.69) is 0 Å². The number of rotatable bonds is 6. The summed E-state index contributed by atoms with van der Waals surface area (Å²) in [5.74, 6) is 0.976. The lowest BCUT2D eigenvalue weighted by Gasteiger charge is -2.09. The zero-order chi connectivity index (χ0) is 20.2. The van der Waals surface area contributed by atoms with E-state index in [0.717, 1.165) is 16.9 Å². The van der Waals surface area contributed by atoms with E-state index in [1.165, 1.54) is 0 Å². The molecule has 1 heterocycles. The minimum atomic E-state index is -0.560. The fourth-order valence-corrected chi connectivity index (χ4v) is 3.54. The molecule has 0 atom stereocenters. The molecule has 0 aliphatic heterocycles. The molecule has 0 bridgehead atoms. The summed E-state index contributed by atoms with van der Waals surface area (Å²) < 4.78 is 21.9. The van der Waals surface area contributed by atoms with Crippen molar-refractivity contribution in [2.75, 3.05) is 13.7 Å². The van der Waals surface area contributed by atoms with Gasteiger partial charge in [0.15, 0.2) is 12.2 Å². The van der Waals surface area contributed by atoms with Crippen LogP contribution in [0.5, 0.6) is 17.2 Å². The summed E-state index contributed by atoms with van der Waals surface area (Å²) in [6, 6.07) is 19.6. The van der Waals surface area contributed by atoms with Gasteiger partial charge in [-0.3, -0.25) is 0 Å². The van der Waals surface area contributed by atoms with Crippen molar-refractivity contribution in [3.63, 3.8) is 0 Å². The molecule has 0 radical (unpaired) electrons. The summed E-state index contributed by atoms with van der Waals surface area (Å²) in [5.41, 5.74) is 2.01. The van der Waals surface area contributed by atoms with E-state index >= 15 is 0 Å². The molecule has 3 aromatic carbocycles. The molecule has 0 saturated heterocycles. The fraction of sp³-hybridized carbons (Fsp3) is 0.0909. The Morgan fingerprint density at radius 3 is 2.41 bits per heavy atom. The average Bonchev–Trinajstić information content (AvgIpc) is 3.12. The van der Waals surface area contributed by atoms with Crippen molar-refractivity contribution in [1.82, 2.24) is 0 Å². The molecule has 0 saturated carbocycles. The molecule has 29 heavy (non-hydrogen) atoms. The maximum atomic E-state index is 12.2. The number of carbonyl (C=O) groups excluding carboxylic acids is 1. The minimum absolute atomic E-state index is 0.257. The first-order chi connectivity index (χ1) is 14.1. The van der Waals surface area contributed by atoms with Gasteiger partial charge in [0, 0.05) is 11.6 Å². The number of methoxy groups -OCH3 is 1. The van der Waals surface area contributed by atoms with Crippen molar-refractivity contribution in [1.29, 1.82) is 0 Å². The largest absolute Gasteiger partial charge is 0.497 e. The highest BCUT2D eigenvalue weighted by Crippen LogP contribution is 2.34. The Balaban J connectivity index is 1.54. The number of esters is 1. The number of ether oxygens (including phenoxy) is 3. The van der Waals surface area contributed by atoms with E-state index in [9.17, 15) is 9.59 Å². The van der Waals surface area contributed by atoms with Crippen LogP contribution in [0.3, 0.4) is 0 Å². The average molecular weight is 408 g/mol. The Hall–Kier alpha value is -3.58. The lowest BCUT2D eigenvalue weighted by Crippen LogP contribution is -2.17. The number of carbonyl (C=O) groups is 1. The van der Waals surface area contributed by atoms with Gasteiger partial charge in [-0.05, 0) is 35.9 Å². The molecular weight excluding hydrogens is 392 g/mol. The van der Waals surface area contributed by atoms with E-state index < -0.39 is 10.9 Å².